The molecule has 4 rings (SSSR count). The van der Waals surface area contributed by atoms with Crippen LogP contribution in [0.1, 0.15) is 17.2 Å². The van der Waals surface area contributed by atoms with Crippen molar-refractivity contribution in [2.24, 2.45) is 0 Å². The first-order valence-corrected chi connectivity index (χ1v) is 11.7. The molecule has 0 radical (unpaired) electrons. The predicted octanol–water partition coefficient (Wildman–Crippen LogP) is 6.92. The Hall–Kier alpha value is -3.31. The summed E-state index contributed by atoms with van der Waals surface area (Å²) in [5.41, 5.74) is 0.857. The van der Waals surface area contributed by atoms with Crippen molar-refractivity contribution in [2.45, 2.75) is 23.5 Å². The molecule has 0 saturated heterocycles. The van der Waals surface area contributed by atoms with E-state index in [1.807, 2.05) is 0 Å². The lowest BCUT2D eigenvalue weighted by atomic mass is 10.1. The molecule has 0 unspecified atom stereocenters. The van der Waals surface area contributed by atoms with Crippen molar-refractivity contribution in [3.05, 3.63) is 83.9 Å². The number of urea groups is 1. The van der Waals surface area contributed by atoms with Crippen LogP contribution in [-0.2, 0) is 6.42 Å². The van der Waals surface area contributed by atoms with Crippen LogP contribution in [0.15, 0.2) is 77.7 Å². The summed E-state index contributed by atoms with van der Waals surface area (Å²) in [5, 5.41) is 14.9. The molecular formula is C22H19F5N2O3S. The van der Waals surface area contributed by atoms with E-state index < -0.39 is 39.0 Å². The highest BCUT2D eigenvalue weighted by Gasteiger charge is 2.65. The minimum absolute atomic E-state index is 0.137. The highest BCUT2D eigenvalue weighted by molar-refractivity contribution is 8.45. The zero-order valence-electron chi connectivity index (χ0n) is 16.9. The van der Waals surface area contributed by atoms with E-state index in [4.69, 9.17) is 4.74 Å². The van der Waals surface area contributed by atoms with Gasteiger partial charge in [-0.15, -0.1) is 0 Å². The normalized spacial score (nSPS) is 19.7. The molecule has 11 heteroatoms. The topological polar surface area (TPSA) is 70.6 Å². The molecule has 0 bridgehead atoms. The average molecular weight is 486 g/mol. The van der Waals surface area contributed by atoms with E-state index in [9.17, 15) is 29.3 Å². The Balaban J connectivity index is 1.64. The summed E-state index contributed by atoms with van der Waals surface area (Å²) >= 11 is 0. The molecule has 1 aliphatic carbocycles. The van der Waals surface area contributed by atoms with Gasteiger partial charge in [0.2, 0.25) is 0 Å². The minimum Gasteiger partial charge on any atom is -0.455 e. The first kappa shape index (κ1) is 22.9. The number of rotatable bonds is 5. The third-order valence-corrected chi connectivity index (χ3v) is 6.25. The number of nitrogens with one attached hydrogen (secondary N) is 2. The summed E-state index contributed by atoms with van der Waals surface area (Å²) in [7, 11) is -10.0. The van der Waals surface area contributed by atoms with Crippen LogP contribution in [0, 0.1) is 0 Å². The fourth-order valence-electron chi connectivity index (χ4n) is 3.60. The maximum absolute atomic E-state index is 13.4. The summed E-state index contributed by atoms with van der Waals surface area (Å²) in [6.07, 6.45) is -0.673. The van der Waals surface area contributed by atoms with E-state index in [0.717, 1.165) is 11.6 Å². The first-order valence-electron chi connectivity index (χ1n) is 9.74. The van der Waals surface area contributed by atoms with Gasteiger partial charge in [-0.25, -0.2) is 4.79 Å². The molecule has 2 atom stereocenters. The fourth-order valence-corrected chi connectivity index (χ4v) is 4.26. The van der Waals surface area contributed by atoms with E-state index in [1.54, 1.807) is 42.5 Å². The number of anilines is 1. The van der Waals surface area contributed by atoms with Gasteiger partial charge in [0.1, 0.15) is 10.6 Å². The number of fused-ring (bicyclic) bond motifs is 1. The number of carbonyl (C=O) groups excluding carboxylic acids is 1. The standard InChI is InChI=1S/C22H19F5N2O3S/c23-33(24,25,26,27)16-10-11-20(32-15-7-2-1-3-8-15)18(13-16)28-22(31)29-21-17-9-5-4-6-14(17)12-19(21)30/h1-11,13,19,21,30H,12H2,(H2,28,29,31)/t19-,21+/m0/s1. The van der Waals surface area contributed by atoms with E-state index in [0.29, 0.717) is 5.56 Å². The first-order chi connectivity index (χ1) is 15.3. The highest BCUT2D eigenvalue weighted by atomic mass is 32.5. The molecule has 0 aliphatic heterocycles. The Morgan fingerprint density at radius 3 is 2.30 bits per heavy atom. The molecule has 0 fully saturated rings. The Bertz CT molecular complexity index is 1210. The Kier molecular flexibility index (Phi) is 5.10. The summed E-state index contributed by atoms with van der Waals surface area (Å²) in [6, 6.07) is 14.1. The van der Waals surface area contributed by atoms with Crippen molar-refractivity contribution >= 4 is 21.9 Å². The van der Waals surface area contributed by atoms with Crippen molar-refractivity contribution in [2.75, 3.05) is 5.32 Å². The third-order valence-electron chi connectivity index (χ3n) is 5.11. The van der Waals surface area contributed by atoms with Gasteiger partial charge < -0.3 is 20.5 Å². The van der Waals surface area contributed by atoms with E-state index in [-0.39, 0.29) is 30.1 Å². The SMILES string of the molecule is O=C(Nc1cc(S(F)(F)(F)(F)F)ccc1Oc1ccccc1)N[C@@H]1c2ccccc2C[C@@H]1O. The molecule has 3 N–H and O–H groups in total. The number of ether oxygens (including phenoxy) is 1. The minimum atomic E-state index is -10.0. The van der Waals surface area contributed by atoms with Crippen LogP contribution in [0.3, 0.4) is 0 Å². The molecule has 176 valence electrons. The maximum atomic E-state index is 13.4. The van der Waals surface area contributed by atoms with Gasteiger partial charge >= 0.3 is 16.3 Å². The molecule has 5 nitrogen and oxygen atoms in total. The maximum Gasteiger partial charge on any atom is 0.319 e. The Labute approximate surface area is 185 Å². The van der Waals surface area contributed by atoms with Crippen molar-refractivity contribution in [1.82, 2.24) is 5.32 Å². The molecule has 3 aromatic carbocycles. The summed E-state index contributed by atoms with van der Waals surface area (Å²) in [4.78, 5) is 10.4. The summed E-state index contributed by atoms with van der Waals surface area (Å²) in [6.45, 7) is 0. The predicted molar refractivity (Wildman–Crippen MR) is 115 cm³/mol. The van der Waals surface area contributed by atoms with Crippen LogP contribution in [0.4, 0.5) is 29.9 Å². The number of para-hydroxylation sites is 1. The van der Waals surface area contributed by atoms with Crippen LogP contribution in [0.2, 0.25) is 0 Å². The van der Waals surface area contributed by atoms with Gasteiger partial charge in [0, 0.05) is 6.42 Å². The largest absolute Gasteiger partial charge is 0.455 e. The van der Waals surface area contributed by atoms with Gasteiger partial charge in [-0.05, 0) is 41.5 Å². The Morgan fingerprint density at radius 2 is 1.61 bits per heavy atom. The number of hydrogen-bond acceptors (Lipinski definition) is 3. The smallest absolute Gasteiger partial charge is 0.319 e. The van der Waals surface area contributed by atoms with Crippen molar-refractivity contribution in [3.63, 3.8) is 0 Å². The Morgan fingerprint density at radius 1 is 0.939 bits per heavy atom. The fraction of sp³-hybridized carbons (Fsp3) is 0.136. The van der Waals surface area contributed by atoms with Crippen molar-refractivity contribution < 1.29 is 34.1 Å². The van der Waals surface area contributed by atoms with E-state index in [2.05, 4.69) is 10.6 Å². The van der Waals surface area contributed by atoms with Gasteiger partial charge in [0.25, 0.3) is 0 Å². The molecular weight excluding hydrogens is 467 g/mol. The number of halogens is 5. The number of hydrogen-bond donors (Lipinski definition) is 3. The summed E-state index contributed by atoms with van der Waals surface area (Å²) in [5.74, 6) is -0.0458. The molecule has 1 aliphatic rings. The lowest BCUT2D eigenvalue weighted by Crippen LogP contribution is -2.36. The zero-order chi connectivity index (χ0) is 23.9. The van der Waals surface area contributed by atoms with Gasteiger partial charge in [-0.1, -0.05) is 61.9 Å². The number of amides is 2. The molecule has 0 spiro atoms. The third kappa shape index (κ3) is 5.20. The molecule has 3 aromatic rings. The van der Waals surface area contributed by atoms with Crippen LogP contribution in [0.5, 0.6) is 11.5 Å². The number of aliphatic hydroxyl groups excluding tert-OH is 1. The average Bonchev–Trinajstić information content (AvgIpc) is 3.03. The number of carbonyl (C=O) groups is 1. The second-order valence-electron chi connectivity index (χ2n) is 7.59. The highest BCUT2D eigenvalue weighted by Crippen LogP contribution is 3.02. The van der Waals surface area contributed by atoms with E-state index >= 15 is 0 Å². The van der Waals surface area contributed by atoms with Crippen LogP contribution >= 0.6 is 10.2 Å². The van der Waals surface area contributed by atoms with Crippen molar-refractivity contribution in [1.29, 1.82) is 0 Å². The summed E-state index contributed by atoms with van der Waals surface area (Å²) < 4.78 is 72.3. The molecule has 0 saturated carbocycles. The number of benzene rings is 3. The van der Waals surface area contributed by atoms with Crippen LogP contribution in [-0.4, -0.2) is 17.2 Å². The van der Waals surface area contributed by atoms with Gasteiger partial charge in [0.15, 0.2) is 5.75 Å². The zero-order valence-corrected chi connectivity index (χ0v) is 17.7. The van der Waals surface area contributed by atoms with Gasteiger partial charge in [-0.2, -0.15) is 0 Å². The lowest BCUT2D eigenvalue weighted by molar-refractivity contribution is 0.144. The second-order valence-corrected chi connectivity index (χ2v) is 10.00. The molecule has 0 heterocycles. The molecule has 2 amide bonds. The van der Waals surface area contributed by atoms with Gasteiger partial charge in [-0.3, -0.25) is 0 Å². The monoisotopic (exact) mass is 486 g/mol. The van der Waals surface area contributed by atoms with Crippen molar-refractivity contribution in [3.8, 4) is 11.5 Å². The van der Waals surface area contributed by atoms with Crippen LogP contribution < -0.4 is 15.4 Å². The quantitative estimate of drug-likeness (QED) is 0.343. The van der Waals surface area contributed by atoms with Gasteiger partial charge in [0.05, 0.1) is 17.8 Å². The van der Waals surface area contributed by atoms with Crippen LogP contribution in [0.25, 0.3) is 0 Å². The second kappa shape index (κ2) is 7.35. The molecule has 33 heavy (non-hydrogen) atoms. The van der Waals surface area contributed by atoms with E-state index in [1.165, 1.54) is 12.1 Å². The molecule has 0 aromatic heterocycles. The number of aliphatic hydroxyl groups is 1. The lowest BCUT2D eigenvalue weighted by Gasteiger charge is -2.40.